The van der Waals surface area contributed by atoms with Crippen LogP contribution in [0.5, 0.6) is 0 Å². The van der Waals surface area contributed by atoms with Crippen LogP contribution in [0, 0.1) is 0 Å². The van der Waals surface area contributed by atoms with Gasteiger partial charge >= 0.3 is 5.97 Å². The summed E-state index contributed by atoms with van der Waals surface area (Å²) < 4.78 is 1.63. The third-order valence-electron chi connectivity index (χ3n) is 1.99. The topological polar surface area (TPSA) is 80.9 Å². The first-order valence-electron chi connectivity index (χ1n) is 4.82. The van der Waals surface area contributed by atoms with Crippen molar-refractivity contribution in [1.82, 2.24) is 20.0 Å². The van der Waals surface area contributed by atoms with Crippen LogP contribution >= 0.6 is 11.8 Å². The molecule has 0 aliphatic heterocycles. The average Bonchev–Trinajstić information content (AvgIpc) is 2.73. The Morgan fingerprint density at radius 3 is 3.06 bits per heavy atom. The lowest BCUT2D eigenvalue weighted by Crippen LogP contribution is -1.99. The Morgan fingerprint density at radius 1 is 1.59 bits per heavy atom. The Kier molecular flexibility index (Phi) is 3.38. The molecule has 0 atom stereocenters. The van der Waals surface area contributed by atoms with Crippen molar-refractivity contribution in [2.45, 2.75) is 10.6 Å². The van der Waals surface area contributed by atoms with Crippen LogP contribution < -0.4 is 0 Å². The fourth-order valence-corrected chi connectivity index (χ4v) is 2.04. The van der Waals surface area contributed by atoms with Crippen LogP contribution in [0.25, 0.3) is 0 Å². The van der Waals surface area contributed by atoms with Crippen molar-refractivity contribution in [1.29, 1.82) is 0 Å². The first-order valence-corrected chi connectivity index (χ1v) is 5.81. The second-order valence-corrected chi connectivity index (χ2v) is 4.40. The maximum absolute atomic E-state index is 10.7. The predicted molar refractivity (Wildman–Crippen MR) is 61.8 cm³/mol. The minimum absolute atomic E-state index is 0.0501. The summed E-state index contributed by atoms with van der Waals surface area (Å²) in [4.78, 5) is 15.3. The van der Waals surface area contributed by atoms with Crippen LogP contribution in [0.3, 0.4) is 0 Å². The maximum atomic E-state index is 10.7. The minimum Gasteiger partial charge on any atom is -0.477 e. The molecule has 0 bridgehead atoms. The molecule has 0 saturated carbocycles. The third kappa shape index (κ3) is 3.04. The first kappa shape index (κ1) is 11.6. The van der Waals surface area contributed by atoms with Gasteiger partial charge in [-0.3, -0.25) is 4.68 Å². The summed E-state index contributed by atoms with van der Waals surface area (Å²) >= 11 is 1.50. The highest BCUT2D eigenvalue weighted by Gasteiger charge is 2.06. The van der Waals surface area contributed by atoms with Crippen LogP contribution in [0.2, 0.25) is 0 Å². The number of aromatic nitrogens is 4. The summed E-state index contributed by atoms with van der Waals surface area (Å²) in [5.74, 6) is -0.372. The fourth-order valence-electron chi connectivity index (χ4n) is 1.24. The van der Waals surface area contributed by atoms with E-state index >= 15 is 0 Å². The third-order valence-corrected chi connectivity index (χ3v) is 3.01. The van der Waals surface area contributed by atoms with E-state index in [9.17, 15) is 4.79 Å². The van der Waals surface area contributed by atoms with Crippen molar-refractivity contribution in [3.8, 4) is 0 Å². The predicted octanol–water partition coefficient (Wildman–Crippen LogP) is 1.20. The van der Waals surface area contributed by atoms with Crippen LogP contribution in [0.1, 0.15) is 16.2 Å². The van der Waals surface area contributed by atoms with Crippen molar-refractivity contribution in [3.63, 3.8) is 0 Å². The van der Waals surface area contributed by atoms with Gasteiger partial charge in [-0.05, 0) is 12.1 Å². The summed E-state index contributed by atoms with van der Waals surface area (Å²) in [5, 5.41) is 16.6. The SMILES string of the molecule is Cn1cc(CSc2ccnc(C(=O)O)c2)nn1. The molecule has 2 heterocycles. The second-order valence-electron chi connectivity index (χ2n) is 3.35. The van der Waals surface area contributed by atoms with Crippen LogP contribution in [0.15, 0.2) is 29.4 Å². The van der Waals surface area contributed by atoms with E-state index in [-0.39, 0.29) is 5.69 Å². The first-order chi connectivity index (χ1) is 8.15. The quantitative estimate of drug-likeness (QED) is 0.821. The smallest absolute Gasteiger partial charge is 0.354 e. The van der Waals surface area contributed by atoms with Crippen LogP contribution in [-0.4, -0.2) is 31.1 Å². The van der Waals surface area contributed by atoms with E-state index in [4.69, 9.17) is 5.11 Å². The molecule has 0 fully saturated rings. The molecule has 2 rings (SSSR count). The van der Waals surface area contributed by atoms with Gasteiger partial charge in [-0.1, -0.05) is 5.21 Å². The van der Waals surface area contributed by atoms with Gasteiger partial charge in [-0.25, -0.2) is 9.78 Å². The number of aryl methyl sites for hydroxylation is 1. The molecule has 0 saturated heterocycles. The van der Waals surface area contributed by atoms with Gasteiger partial charge in [-0.15, -0.1) is 16.9 Å². The number of carboxylic acids is 1. The number of carboxylic acid groups (broad SMARTS) is 1. The highest BCUT2D eigenvalue weighted by atomic mass is 32.2. The van der Waals surface area contributed by atoms with Crippen molar-refractivity contribution >= 4 is 17.7 Å². The molecule has 17 heavy (non-hydrogen) atoms. The molecule has 2 aromatic rings. The number of pyridine rings is 1. The van der Waals surface area contributed by atoms with Gasteiger partial charge in [-0.2, -0.15) is 0 Å². The zero-order valence-corrected chi connectivity index (χ0v) is 9.89. The maximum Gasteiger partial charge on any atom is 0.354 e. The van der Waals surface area contributed by atoms with Gasteiger partial charge in [0, 0.05) is 30.1 Å². The molecular weight excluding hydrogens is 240 g/mol. The van der Waals surface area contributed by atoms with Crippen molar-refractivity contribution < 1.29 is 9.90 Å². The average molecular weight is 250 g/mol. The van der Waals surface area contributed by atoms with Gasteiger partial charge in [0.2, 0.25) is 0 Å². The number of hydrogen-bond donors (Lipinski definition) is 1. The second kappa shape index (κ2) is 4.96. The molecule has 0 unspecified atom stereocenters. The van der Waals surface area contributed by atoms with Crippen molar-refractivity contribution in [3.05, 3.63) is 35.9 Å². The number of nitrogens with zero attached hydrogens (tertiary/aromatic N) is 4. The Labute approximate surface area is 102 Å². The van der Waals surface area contributed by atoms with Crippen molar-refractivity contribution in [2.24, 2.45) is 7.05 Å². The lowest BCUT2D eigenvalue weighted by molar-refractivity contribution is 0.0690. The summed E-state index contributed by atoms with van der Waals surface area (Å²) in [6.07, 6.45) is 3.31. The molecular formula is C10H10N4O2S. The van der Waals surface area contributed by atoms with E-state index in [1.165, 1.54) is 18.0 Å². The molecule has 0 radical (unpaired) electrons. The summed E-state index contributed by atoms with van der Waals surface area (Å²) in [7, 11) is 1.80. The molecule has 1 N–H and O–H groups in total. The molecule has 0 aliphatic rings. The number of aromatic carboxylic acids is 1. The molecule has 0 aliphatic carbocycles. The number of rotatable bonds is 4. The number of thioether (sulfide) groups is 1. The van der Waals surface area contributed by atoms with Gasteiger partial charge in [0.15, 0.2) is 0 Å². The summed E-state index contributed by atoms with van der Waals surface area (Å²) in [5.41, 5.74) is 0.903. The Balaban J connectivity index is 2.04. The Bertz CT molecular complexity index is 541. The lowest BCUT2D eigenvalue weighted by Gasteiger charge is -1.99. The van der Waals surface area contributed by atoms with E-state index in [2.05, 4.69) is 15.3 Å². The highest BCUT2D eigenvalue weighted by molar-refractivity contribution is 7.98. The zero-order chi connectivity index (χ0) is 12.3. The zero-order valence-electron chi connectivity index (χ0n) is 9.07. The van der Waals surface area contributed by atoms with E-state index in [0.29, 0.717) is 5.75 Å². The normalized spacial score (nSPS) is 10.4. The van der Waals surface area contributed by atoms with Crippen LogP contribution in [-0.2, 0) is 12.8 Å². The van der Waals surface area contributed by atoms with E-state index in [0.717, 1.165) is 10.6 Å². The molecule has 0 aromatic carbocycles. The van der Waals surface area contributed by atoms with E-state index < -0.39 is 5.97 Å². The lowest BCUT2D eigenvalue weighted by atomic mass is 10.3. The molecule has 2 aromatic heterocycles. The van der Waals surface area contributed by atoms with Gasteiger partial charge in [0.1, 0.15) is 5.69 Å². The summed E-state index contributed by atoms with van der Waals surface area (Å²) in [6, 6.07) is 3.32. The molecule has 7 heteroatoms. The molecule has 0 amide bonds. The summed E-state index contributed by atoms with van der Waals surface area (Å²) in [6.45, 7) is 0. The van der Waals surface area contributed by atoms with E-state index in [1.807, 2.05) is 6.20 Å². The minimum atomic E-state index is -1.02. The van der Waals surface area contributed by atoms with E-state index in [1.54, 1.807) is 23.9 Å². The Hall–Kier alpha value is -1.89. The van der Waals surface area contributed by atoms with Gasteiger partial charge in [0.05, 0.1) is 5.69 Å². The standard InChI is InChI=1S/C10H10N4O2S/c1-14-5-7(12-13-14)6-17-8-2-3-11-9(4-8)10(15)16/h2-5H,6H2,1H3,(H,15,16). The highest BCUT2D eigenvalue weighted by Crippen LogP contribution is 2.21. The Morgan fingerprint density at radius 2 is 2.41 bits per heavy atom. The fraction of sp³-hybridized carbons (Fsp3) is 0.200. The largest absolute Gasteiger partial charge is 0.477 e. The number of carbonyl (C=O) groups is 1. The molecule has 88 valence electrons. The van der Waals surface area contributed by atoms with Gasteiger partial charge in [0.25, 0.3) is 0 Å². The van der Waals surface area contributed by atoms with Crippen molar-refractivity contribution in [2.75, 3.05) is 0 Å². The monoisotopic (exact) mass is 250 g/mol. The molecule has 0 spiro atoms. The van der Waals surface area contributed by atoms with Gasteiger partial charge < -0.3 is 5.11 Å². The molecule has 6 nitrogen and oxygen atoms in total. The van der Waals surface area contributed by atoms with Crippen LogP contribution in [0.4, 0.5) is 0 Å². The number of hydrogen-bond acceptors (Lipinski definition) is 5.